The van der Waals surface area contributed by atoms with Crippen LogP contribution in [0.3, 0.4) is 0 Å². The zero-order chi connectivity index (χ0) is 24.7. The molecular weight excluding hydrogens is 460 g/mol. The summed E-state index contributed by atoms with van der Waals surface area (Å²) < 4.78 is 11.7. The topological polar surface area (TPSA) is 106 Å². The zero-order valence-electron chi connectivity index (χ0n) is 21.1. The molecule has 0 aliphatic heterocycles. The molecule has 190 valence electrons. The molecule has 0 bridgehead atoms. The van der Waals surface area contributed by atoms with Gasteiger partial charge >= 0.3 is 5.97 Å². The van der Waals surface area contributed by atoms with Crippen molar-refractivity contribution >= 4 is 35.4 Å². The molecule has 1 rings (SSSR count). The monoisotopic (exact) mass is 502 g/mol. The van der Waals surface area contributed by atoms with E-state index < -0.39 is 5.97 Å². The van der Waals surface area contributed by atoms with Crippen LogP contribution in [-0.4, -0.2) is 75.3 Å². The highest BCUT2D eigenvalue weighted by Gasteiger charge is 2.27. The smallest absolute Gasteiger partial charge is 0.322 e. The summed E-state index contributed by atoms with van der Waals surface area (Å²) in [5.74, 6) is 1.72. The standard InChI is InChI=1S/C23H42N4O4S2/c1-7-22(5,8-2)19-25-20(24-17-18(28)29)27-21(26-19)32-15-13-30-11-12-31-14-16-33-23(6,9-3)10-4/h7-17H2,1-6H3,(H,28,29)(H,24,25,26,27). The van der Waals surface area contributed by atoms with Crippen molar-refractivity contribution in [1.82, 2.24) is 15.0 Å². The first-order valence-corrected chi connectivity index (χ1v) is 13.8. The fourth-order valence-corrected chi connectivity index (χ4v) is 4.59. The van der Waals surface area contributed by atoms with Gasteiger partial charge in [0.1, 0.15) is 12.4 Å². The number of nitrogens with one attached hydrogen (secondary N) is 1. The molecule has 0 radical (unpaired) electrons. The second kappa shape index (κ2) is 15.7. The molecule has 0 saturated carbocycles. The summed E-state index contributed by atoms with van der Waals surface area (Å²) in [5, 5.41) is 12.3. The van der Waals surface area contributed by atoms with E-state index in [0.29, 0.717) is 47.2 Å². The molecule has 2 N–H and O–H groups in total. The van der Waals surface area contributed by atoms with Crippen molar-refractivity contribution < 1.29 is 19.4 Å². The summed E-state index contributed by atoms with van der Waals surface area (Å²) >= 11 is 3.46. The van der Waals surface area contributed by atoms with Gasteiger partial charge in [0.2, 0.25) is 5.95 Å². The van der Waals surface area contributed by atoms with Gasteiger partial charge in [0.15, 0.2) is 5.16 Å². The van der Waals surface area contributed by atoms with Crippen molar-refractivity contribution in [3.63, 3.8) is 0 Å². The van der Waals surface area contributed by atoms with Gasteiger partial charge in [-0.1, -0.05) is 53.3 Å². The van der Waals surface area contributed by atoms with Gasteiger partial charge in [0, 0.05) is 21.7 Å². The number of hydrogen-bond donors (Lipinski definition) is 2. The molecule has 0 saturated heterocycles. The van der Waals surface area contributed by atoms with Crippen LogP contribution in [0.15, 0.2) is 5.16 Å². The van der Waals surface area contributed by atoms with Gasteiger partial charge < -0.3 is 19.9 Å². The lowest BCUT2D eigenvalue weighted by Gasteiger charge is -2.25. The maximum Gasteiger partial charge on any atom is 0.322 e. The van der Waals surface area contributed by atoms with Gasteiger partial charge in [-0.15, -0.1) is 0 Å². The minimum absolute atomic E-state index is 0.185. The van der Waals surface area contributed by atoms with E-state index in [-0.39, 0.29) is 12.0 Å². The predicted molar refractivity (Wildman–Crippen MR) is 138 cm³/mol. The van der Waals surface area contributed by atoms with Crippen LogP contribution < -0.4 is 5.32 Å². The van der Waals surface area contributed by atoms with Crippen LogP contribution in [0, 0.1) is 0 Å². The number of thioether (sulfide) groups is 2. The van der Waals surface area contributed by atoms with Crippen molar-refractivity contribution in [3.05, 3.63) is 5.82 Å². The number of carboxylic acid groups (broad SMARTS) is 1. The molecule has 1 aromatic heterocycles. The molecule has 0 aliphatic carbocycles. The third-order valence-corrected chi connectivity index (χ3v) is 8.57. The van der Waals surface area contributed by atoms with E-state index in [2.05, 4.69) is 61.8 Å². The molecule has 0 atom stereocenters. The zero-order valence-corrected chi connectivity index (χ0v) is 22.7. The van der Waals surface area contributed by atoms with Gasteiger partial charge in [0.05, 0.1) is 26.4 Å². The SMILES string of the molecule is CCC(C)(CC)SCCOCCOCCSc1nc(NCC(=O)O)nc(C(C)(CC)CC)n1. The van der Waals surface area contributed by atoms with Crippen molar-refractivity contribution in [2.75, 3.05) is 49.8 Å². The van der Waals surface area contributed by atoms with Crippen molar-refractivity contribution in [3.8, 4) is 0 Å². The number of ether oxygens (including phenoxy) is 2. The second-order valence-corrected chi connectivity index (χ2v) is 11.1. The Morgan fingerprint density at radius 1 is 0.909 bits per heavy atom. The van der Waals surface area contributed by atoms with Crippen LogP contribution in [0.4, 0.5) is 5.95 Å². The number of anilines is 1. The largest absolute Gasteiger partial charge is 0.480 e. The molecule has 0 amide bonds. The minimum Gasteiger partial charge on any atom is -0.480 e. The van der Waals surface area contributed by atoms with Crippen molar-refractivity contribution in [2.45, 2.75) is 82.5 Å². The molecule has 1 heterocycles. The van der Waals surface area contributed by atoms with Gasteiger partial charge in [0.25, 0.3) is 0 Å². The highest BCUT2D eigenvalue weighted by atomic mass is 32.2. The summed E-state index contributed by atoms with van der Waals surface area (Å²) in [7, 11) is 0. The molecule has 8 nitrogen and oxygen atoms in total. The Morgan fingerprint density at radius 3 is 2.06 bits per heavy atom. The molecule has 0 fully saturated rings. The van der Waals surface area contributed by atoms with E-state index in [0.717, 1.165) is 25.2 Å². The normalized spacial score (nSPS) is 12.2. The molecule has 0 aromatic carbocycles. The van der Waals surface area contributed by atoms with E-state index in [4.69, 9.17) is 14.6 Å². The first-order chi connectivity index (χ1) is 15.7. The molecule has 0 unspecified atom stereocenters. The summed E-state index contributed by atoms with van der Waals surface area (Å²) in [5.41, 5.74) is -0.185. The number of aliphatic carboxylic acids is 1. The highest BCUT2D eigenvalue weighted by Crippen LogP contribution is 2.31. The van der Waals surface area contributed by atoms with Gasteiger partial charge in [-0.25, -0.2) is 4.98 Å². The third-order valence-electron chi connectivity index (χ3n) is 6.12. The van der Waals surface area contributed by atoms with Gasteiger partial charge in [-0.3, -0.25) is 4.79 Å². The Kier molecular flexibility index (Phi) is 14.3. The third kappa shape index (κ3) is 11.2. The van der Waals surface area contributed by atoms with E-state index in [1.807, 2.05) is 11.8 Å². The Balaban J connectivity index is 2.42. The summed E-state index contributed by atoms with van der Waals surface area (Å²) in [4.78, 5) is 24.4. The molecule has 1 aromatic rings. The fourth-order valence-electron chi connectivity index (χ4n) is 2.81. The van der Waals surface area contributed by atoms with Crippen LogP contribution in [0.1, 0.15) is 73.1 Å². The Labute approximate surface area is 207 Å². The highest BCUT2D eigenvalue weighted by molar-refractivity contribution is 8.00. The molecule has 0 spiro atoms. The Morgan fingerprint density at radius 2 is 1.52 bits per heavy atom. The van der Waals surface area contributed by atoms with Crippen molar-refractivity contribution in [2.24, 2.45) is 0 Å². The molecule has 0 aliphatic rings. The van der Waals surface area contributed by atoms with E-state index in [1.54, 1.807) is 0 Å². The predicted octanol–water partition coefficient (Wildman–Crippen LogP) is 4.88. The lowest BCUT2D eigenvalue weighted by molar-refractivity contribution is -0.134. The van der Waals surface area contributed by atoms with Crippen LogP contribution >= 0.6 is 23.5 Å². The first kappa shape index (κ1) is 29.9. The average Bonchev–Trinajstić information content (AvgIpc) is 2.83. The summed E-state index contributed by atoms with van der Waals surface area (Å²) in [6.07, 6.45) is 4.11. The quantitative estimate of drug-likeness (QED) is 0.201. The second-order valence-electron chi connectivity index (χ2n) is 8.36. The number of rotatable bonds is 19. The summed E-state index contributed by atoms with van der Waals surface area (Å²) in [6, 6.07) is 0. The Bertz CT molecular complexity index is 701. The van der Waals surface area contributed by atoms with Crippen LogP contribution in [-0.2, 0) is 19.7 Å². The van der Waals surface area contributed by atoms with Gasteiger partial charge in [-0.05, 0) is 25.7 Å². The summed E-state index contributed by atoms with van der Waals surface area (Å²) in [6.45, 7) is 15.3. The maximum absolute atomic E-state index is 10.9. The maximum atomic E-state index is 10.9. The molecular formula is C23H42N4O4S2. The van der Waals surface area contributed by atoms with Crippen LogP contribution in [0.5, 0.6) is 0 Å². The lowest BCUT2D eigenvalue weighted by atomic mass is 9.84. The number of carboxylic acids is 1. The lowest BCUT2D eigenvalue weighted by Crippen LogP contribution is -2.25. The number of nitrogens with zero attached hydrogens (tertiary/aromatic N) is 3. The Hall–Kier alpha value is -1.10. The molecule has 10 heteroatoms. The van der Waals surface area contributed by atoms with E-state index in [1.165, 1.54) is 24.6 Å². The molecule has 33 heavy (non-hydrogen) atoms. The van der Waals surface area contributed by atoms with E-state index >= 15 is 0 Å². The van der Waals surface area contributed by atoms with Crippen molar-refractivity contribution in [1.29, 1.82) is 0 Å². The van der Waals surface area contributed by atoms with Crippen LogP contribution in [0.25, 0.3) is 0 Å². The number of hydrogen-bond acceptors (Lipinski definition) is 9. The number of carbonyl (C=O) groups is 1. The first-order valence-electron chi connectivity index (χ1n) is 11.9. The van der Waals surface area contributed by atoms with E-state index in [9.17, 15) is 4.79 Å². The average molecular weight is 503 g/mol. The van der Waals surface area contributed by atoms with Crippen LogP contribution in [0.2, 0.25) is 0 Å². The number of aromatic nitrogens is 3. The fraction of sp³-hybridized carbons (Fsp3) is 0.826. The van der Waals surface area contributed by atoms with Gasteiger partial charge in [-0.2, -0.15) is 21.7 Å². The minimum atomic E-state index is -0.959.